The number of ether oxygens (including phenoxy) is 1. The molecule has 0 heterocycles. The summed E-state index contributed by atoms with van der Waals surface area (Å²) in [4.78, 5) is 27.9. The standard InChI is InChI=1S/C27H39N3O5S/c1-5-7-8-19-28-27(32)21(3)30(20-23-9-14-24(35-4)15-10-23)26(31)18-13-22-11-16-25(17-12-22)36(33,34)29-6-2/h9-12,14-17,21,29H,5-8,13,18-20H2,1-4H3,(H,28,32)/t21-/m0/s1. The Kier molecular flexibility index (Phi) is 11.9. The lowest BCUT2D eigenvalue weighted by Crippen LogP contribution is -2.47. The summed E-state index contributed by atoms with van der Waals surface area (Å²) in [5.74, 6) is 0.398. The minimum atomic E-state index is -3.52. The molecule has 9 heteroatoms. The zero-order valence-electron chi connectivity index (χ0n) is 21.7. The topological polar surface area (TPSA) is 105 Å². The number of rotatable bonds is 15. The van der Waals surface area contributed by atoms with Crippen LogP contribution < -0.4 is 14.8 Å². The number of hydrogen-bond acceptors (Lipinski definition) is 5. The summed E-state index contributed by atoms with van der Waals surface area (Å²) in [5, 5.41) is 2.95. The van der Waals surface area contributed by atoms with Gasteiger partial charge in [0.05, 0.1) is 12.0 Å². The Balaban J connectivity index is 2.10. The molecule has 2 aromatic rings. The lowest BCUT2D eigenvalue weighted by molar-refractivity contribution is -0.140. The smallest absolute Gasteiger partial charge is 0.242 e. The number of nitrogens with one attached hydrogen (secondary N) is 2. The van der Waals surface area contributed by atoms with Crippen LogP contribution in [0.3, 0.4) is 0 Å². The van der Waals surface area contributed by atoms with Gasteiger partial charge in [-0.25, -0.2) is 13.1 Å². The van der Waals surface area contributed by atoms with E-state index in [0.29, 0.717) is 26.1 Å². The van der Waals surface area contributed by atoms with Gasteiger partial charge in [-0.15, -0.1) is 0 Å². The number of carbonyl (C=O) groups is 2. The van der Waals surface area contributed by atoms with E-state index < -0.39 is 16.1 Å². The highest BCUT2D eigenvalue weighted by molar-refractivity contribution is 7.89. The average Bonchev–Trinajstić information content (AvgIpc) is 2.88. The van der Waals surface area contributed by atoms with Crippen LogP contribution in [0.15, 0.2) is 53.4 Å². The summed E-state index contributed by atoms with van der Waals surface area (Å²) < 4.78 is 32.0. The van der Waals surface area contributed by atoms with Crippen molar-refractivity contribution in [1.29, 1.82) is 0 Å². The lowest BCUT2D eigenvalue weighted by atomic mass is 10.1. The SMILES string of the molecule is CCCCCNC(=O)[C@H](C)N(Cc1ccc(OC)cc1)C(=O)CCc1ccc(S(=O)(=O)NCC)cc1. The number of amides is 2. The molecule has 0 saturated carbocycles. The van der Waals surface area contributed by atoms with Gasteiger partial charge in [0.2, 0.25) is 21.8 Å². The van der Waals surface area contributed by atoms with Gasteiger partial charge in [0.1, 0.15) is 11.8 Å². The maximum atomic E-state index is 13.3. The summed E-state index contributed by atoms with van der Waals surface area (Å²) in [6.07, 6.45) is 3.64. The molecular weight excluding hydrogens is 478 g/mol. The Morgan fingerprint density at radius 1 is 0.972 bits per heavy atom. The summed E-state index contributed by atoms with van der Waals surface area (Å²) >= 11 is 0. The summed E-state index contributed by atoms with van der Waals surface area (Å²) in [6.45, 7) is 6.77. The van der Waals surface area contributed by atoms with Gasteiger partial charge in [0, 0.05) is 26.1 Å². The maximum absolute atomic E-state index is 13.3. The van der Waals surface area contributed by atoms with Gasteiger partial charge in [0.15, 0.2) is 0 Å². The second-order valence-electron chi connectivity index (χ2n) is 8.69. The second-order valence-corrected chi connectivity index (χ2v) is 10.5. The average molecular weight is 518 g/mol. The van der Waals surface area contributed by atoms with Crippen LogP contribution in [0.25, 0.3) is 0 Å². The monoisotopic (exact) mass is 517 g/mol. The van der Waals surface area contributed by atoms with Crippen LogP contribution in [0.5, 0.6) is 5.75 Å². The first-order valence-electron chi connectivity index (χ1n) is 12.5. The van der Waals surface area contributed by atoms with E-state index in [4.69, 9.17) is 4.74 Å². The molecular formula is C27H39N3O5S. The number of nitrogens with zero attached hydrogens (tertiary/aromatic N) is 1. The third-order valence-electron chi connectivity index (χ3n) is 5.95. The van der Waals surface area contributed by atoms with Crippen LogP contribution in [-0.2, 0) is 32.6 Å². The Labute approximate surface area is 215 Å². The maximum Gasteiger partial charge on any atom is 0.242 e. The van der Waals surface area contributed by atoms with Crippen LogP contribution in [0.1, 0.15) is 57.6 Å². The first-order chi connectivity index (χ1) is 17.2. The van der Waals surface area contributed by atoms with E-state index in [0.717, 1.165) is 36.1 Å². The van der Waals surface area contributed by atoms with Gasteiger partial charge in [-0.3, -0.25) is 9.59 Å². The van der Waals surface area contributed by atoms with E-state index in [1.807, 2.05) is 24.3 Å². The molecule has 0 aromatic heterocycles. The van der Waals surface area contributed by atoms with E-state index in [1.54, 1.807) is 50.1 Å². The largest absolute Gasteiger partial charge is 0.497 e. The van der Waals surface area contributed by atoms with Crippen molar-refractivity contribution >= 4 is 21.8 Å². The predicted molar refractivity (Wildman–Crippen MR) is 141 cm³/mol. The molecule has 2 N–H and O–H groups in total. The summed E-state index contributed by atoms with van der Waals surface area (Å²) in [6, 6.07) is 13.3. The molecule has 2 rings (SSSR count). The third kappa shape index (κ3) is 8.95. The fourth-order valence-corrected chi connectivity index (χ4v) is 4.79. The highest BCUT2D eigenvalue weighted by atomic mass is 32.2. The Hall–Kier alpha value is -2.91. The first-order valence-corrected chi connectivity index (χ1v) is 14.0. The third-order valence-corrected chi connectivity index (χ3v) is 7.52. The van der Waals surface area contributed by atoms with Crippen molar-refractivity contribution in [2.75, 3.05) is 20.2 Å². The van der Waals surface area contributed by atoms with E-state index in [-0.39, 0.29) is 23.1 Å². The highest BCUT2D eigenvalue weighted by Crippen LogP contribution is 2.17. The highest BCUT2D eigenvalue weighted by Gasteiger charge is 2.26. The summed E-state index contributed by atoms with van der Waals surface area (Å²) in [5.41, 5.74) is 1.74. The molecule has 1 atom stereocenters. The number of benzene rings is 2. The van der Waals surface area contributed by atoms with Gasteiger partial charge in [-0.2, -0.15) is 0 Å². The van der Waals surface area contributed by atoms with E-state index in [9.17, 15) is 18.0 Å². The van der Waals surface area contributed by atoms with Gasteiger partial charge in [0.25, 0.3) is 0 Å². The molecule has 0 unspecified atom stereocenters. The normalized spacial score (nSPS) is 12.1. The van der Waals surface area contributed by atoms with Crippen molar-refractivity contribution in [2.24, 2.45) is 0 Å². The number of aryl methyl sites for hydroxylation is 1. The van der Waals surface area contributed by atoms with Crippen LogP contribution in [0, 0.1) is 0 Å². The van der Waals surface area contributed by atoms with E-state index in [2.05, 4.69) is 17.0 Å². The minimum absolute atomic E-state index is 0.147. The molecule has 2 amide bonds. The van der Waals surface area contributed by atoms with Crippen molar-refractivity contribution in [2.45, 2.75) is 70.4 Å². The van der Waals surface area contributed by atoms with Crippen molar-refractivity contribution in [3.05, 3.63) is 59.7 Å². The molecule has 0 aliphatic carbocycles. The number of hydrogen-bond donors (Lipinski definition) is 2. The van der Waals surface area contributed by atoms with Crippen molar-refractivity contribution < 1.29 is 22.7 Å². The zero-order valence-corrected chi connectivity index (χ0v) is 22.6. The fourth-order valence-electron chi connectivity index (χ4n) is 3.75. The zero-order chi connectivity index (χ0) is 26.6. The molecule has 198 valence electrons. The second kappa shape index (κ2) is 14.6. The van der Waals surface area contributed by atoms with Crippen LogP contribution in [-0.4, -0.2) is 51.4 Å². The number of carbonyl (C=O) groups excluding carboxylic acids is 2. The summed E-state index contributed by atoms with van der Waals surface area (Å²) in [7, 11) is -1.93. The van der Waals surface area contributed by atoms with Gasteiger partial charge in [-0.1, -0.05) is 51.0 Å². The van der Waals surface area contributed by atoms with Crippen LogP contribution in [0.2, 0.25) is 0 Å². The molecule has 0 aliphatic heterocycles. The van der Waals surface area contributed by atoms with Crippen LogP contribution >= 0.6 is 0 Å². The molecule has 0 saturated heterocycles. The van der Waals surface area contributed by atoms with Crippen molar-refractivity contribution in [1.82, 2.24) is 14.9 Å². The van der Waals surface area contributed by atoms with E-state index in [1.165, 1.54) is 0 Å². The van der Waals surface area contributed by atoms with Crippen molar-refractivity contribution in [3.63, 3.8) is 0 Å². The Morgan fingerprint density at radius 2 is 1.61 bits per heavy atom. The van der Waals surface area contributed by atoms with Gasteiger partial charge in [-0.05, 0) is 55.2 Å². The quantitative estimate of drug-likeness (QED) is 0.351. The number of methoxy groups -OCH3 is 1. The number of unbranched alkanes of at least 4 members (excludes halogenated alkanes) is 2. The van der Waals surface area contributed by atoms with Gasteiger partial charge < -0.3 is 15.0 Å². The first kappa shape index (κ1) is 29.3. The Bertz CT molecular complexity index is 1070. The van der Waals surface area contributed by atoms with Gasteiger partial charge >= 0.3 is 0 Å². The molecule has 0 fully saturated rings. The number of sulfonamides is 1. The molecule has 36 heavy (non-hydrogen) atoms. The lowest BCUT2D eigenvalue weighted by Gasteiger charge is -2.29. The molecule has 0 aliphatic rings. The molecule has 2 aromatic carbocycles. The minimum Gasteiger partial charge on any atom is -0.497 e. The fraction of sp³-hybridized carbons (Fsp3) is 0.481. The molecule has 0 spiro atoms. The van der Waals surface area contributed by atoms with Crippen LogP contribution in [0.4, 0.5) is 0 Å². The predicted octanol–water partition coefficient (Wildman–Crippen LogP) is 3.65. The molecule has 0 radical (unpaired) electrons. The Morgan fingerprint density at radius 3 is 2.19 bits per heavy atom. The molecule has 8 nitrogen and oxygen atoms in total. The molecule has 0 bridgehead atoms. The van der Waals surface area contributed by atoms with E-state index >= 15 is 0 Å². The van der Waals surface area contributed by atoms with Crippen molar-refractivity contribution in [3.8, 4) is 5.75 Å².